The van der Waals surface area contributed by atoms with Gasteiger partial charge in [0.15, 0.2) is 12.7 Å². The van der Waals surface area contributed by atoms with Crippen molar-refractivity contribution in [2.75, 3.05) is 12.4 Å². The zero-order valence-electron chi connectivity index (χ0n) is 20.9. The lowest BCUT2D eigenvalue weighted by atomic mass is 10.00. The van der Waals surface area contributed by atoms with Gasteiger partial charge in [-0.25, -0.2) is 4.79 Å². The highest BCUT2D eigenvalue weighted by Gasteiger charge is 2.54. The molecule has 0 spiro atoms. The third kappa shape index (κ3) is 5.73. The first-order chi connectivity index (χ1) is 19.1. The number of nitrogens with one attached hydrogen (secondary N) is 1. The van der Waals surface area contributed by atoms with Gasteiger partial charge in [0.25, 0.3) is 11.8 Å². The van der Waals surface area contributed by atoms with Crippen LogP contribution in [0.15, 0.2) is 102 Å². The highest BCUT2D eigenvalue weighted by molar-refractivity contribution is 8.00. The molecular weight excluding hydrogens is 516 g/mol. The van der Waals surface area contributed by atoms with Crippen LogP contribution in [0.5, 0.6) is 5.75 Å². The first-order valence-electron chi connectivity index (χ1n) is 12.4. The Kier molecular flexibility index (Phi) is 8.07. The molecule has 2 aliphatic heterocycles. The van der Waals surface area contributed by atoms with Crippen LogP contribution in [0, 0.1) is 0 Å². The molecule has 198 valence electrons. The first kappa shape index (κ1) is 26.2. The van der Waals surface area contributed by atoms with Crippen LogP contribution in [0.4, 0.5) is 0 Å². The number of hydrogen-bond donors (Lipinski definition) is 1. The number of esters is 1. The minimum Gasteiger partial charge on any atom is -0.484 e. The number of carbonyl (C=O) groups excluding carboxylic acids is 4. The minimum atomic E-state index is -0.818. The van der Waals surface area contributed by atoms with Gasteiger partial charge in [-0.3, -0.25) is 14.5 Å². The summed E-state index contributed by atoms with van der Waals surface area (Å²) >= 11 is 1.39. The van der Waals surface area contributed by atoms with E-state index in [4.69, 9.17) is 9.47 Å². The van der Waals surface area contributed by atoms with Gasteiger partial charge in [0.1, 0.15) is 29.1 Å². The molecule has 2 amide bonds. The van der Waals surface area contributed by atoms with E-state index in [0.29, 0.717) is 23.4 Å². The lowest BCUT2D eigenvalue weighted by Crippen LogP contribution is -2.71. The zero-order valence-corrected chi connectivity index (χ0v) is 21.7. The van der Waals surface area contributed by atoms with Crippen molar-refractivity contribution in [3.8, 4) is 5.75 Å². The average molecular weight is 543 g/mol. The molecule has 5 rings (SSSR count). The molecule has 2 aliphatic rings. The molecule has 1 saturated heterocycles. The largest absolute Gasteiger partial charge is 0.484 e. The van der Waals surface area contributed by atoms with Gasteiger partial charge in [-0.1, -0.05) is 78.9 Å². The predicted molar refractivity (Wildman–Crippen MR) is 145 cm³/mol. The van der Waals surface area contributed by atoms with Gasteiger partial charge in [-0.2, -0.15) is 0 Å². The Morgan fingerprint density at radius 2 is 1.54 bits per heavy atom. The second kappa shape index (κ2) is 12.0. The van der Waals surface area contributed by atoms with E-state index in [2.05, 4.69) is 5.32 Å². The fourth-order valence-electron chi connectivity index (χ4n) is 4.56. The Morgan fingerprint density at radius 3 is 2.13 bits per heavy atom. The normalized spacial score (nSPS) is 18.2. The first-order valence-corrected chi connectivity index (χ1v) is 13.5. The van der Waals surface area contributed by atoms with Gasteiger partial charge in [0, 0.05) is 12.2 Å². The molecule has 39 heavy (non-hydrogen) atoms. The van der Waals surface area contributed by atoms with Gasteiger partial charge < -0.3 is 19.6 Å². The summed E-state index contributed by atoms with van der Waals surface area (Å²) in [5, 5.41) is 2.22. The van der Waals surface area contributed by atoms with Gasteiger partial charge in [0.2, 0.25) is 0 Å². The molecule has 3 aromatic carbocycles. The van der Waals surface area contributed by atoms with E-state index >= 15 is 0 Å². The molecule has 1 N–H and O–H groups in total. The number of para-hydroxylation sites is 1. The van der Waals surface area contributed by atoms with Crippen LogP contribution in [0.3, 0.4) is 0 Å². The summed E-state index contributed by atoms with van der Waals surface area (Å²) in [6.45, 7) is -0.248. The predicted octanol–water partition coefficient (Wildman–Crippen LogP) is 3.64. The molecule has 2 unspecified atom stereocenters. The smallest absolute Gasteiger partial charge is 0.356 e. The van der Waals surface area contributed by atoms with E-state index in [1.54, 1.807) is 24.3 Å². The van der Waals surface area contributed by atoms with E-state index in [-0.39, 0.29) is 18.7 Å². The van der Waals surface area contributed by atoms with Gasteiger partial charge in [-0.05, 0) is 28.8 Å². The maximum Gasteiger partial charge on any atom is 0.356 e. The van der Waals surface area contributed by atoms with Crippen molar-refractivity contribution >= 4 is 35.8 Å². The molecule has 2 atom stereocenters. The molecule has 0 aromatic heterocycles. The summed E-state index contributed by atoms with van der Waals surface area (Å²) < 4.78 is 11.5. The van der Waals surface area contributed by atoms with Crippen molar-refractivity contribution in [3.05, 3.63) is 113 Å². The maximum atomic E-state index is 13.7. The van der Waals surface area contributed by atoms with E-state index in [0.717, 1.165) is 11.1 Å². The number of thioether (sulfide) groups is 1. The molecule has 0 radical (unpaired) electrons. The Balaban J connectivity index is 1.33. The van der Waals surface area contributed by atoms with Crippen molar-refractivity contribution in [1.29, 1.82) is 0 Å². The molecule has 2 heterocycles. The maximum absolute atomic E-state index is 13.7. The fourth-order valence-corrected chi connectivity index (χ4v) is 5.92. The number of aldehydes is 1. The van der Waals surface area contributed by atoms with Crippen LogP contribution in [-0.2, 0) is 23.9 Å². The SMILES string of the molecule is O=CCC1=C(C(=O)OC(c2ccccc2)c2ccccc2)N2C(=O)C(NC(=O)COc3ccccc3)C2SC1. The summed E-state index contributed by atoms with van der Waals surface area (Å²) in [5.74, 6) is -0.685. The van der Waals surface area contributed by atoms with E-state index in [1.165, 1.54) is 16.7 Å². The monoisotopic (exact) mass is 542 g/mol. The molecule has 3 aromatic rings. The number of benzene rings is 3. The number of rotatable bonds is 10. The minimum absolute atomic E-state index is 0.00276. The summed E-state index contributed by atoms with van der Waals surface area (Å²) in [7, 11) is 0. The highest BCUT2D eigenvalue weighted by atomic mass is 32.2. The molecule has 0 saturated carbocycles. The van der Waals surface area contributed by atoms with Crippen LogP contribution in [-0.4, -0.2) is 52.7 Å². The van der Waals surface area contributed by atoms with E-state index in [9.17, 15) is 19.2 Å². The lowest BCUT2D eigenvalue weighted by molar-refractivity contribution is -0.154. The van der Waals surface area contributed by atoms with Crippen molar-refractivity contribution in [1.82, 2.24) is 10.2 Å². The lowest BCUT2D eigenvalue weighted by Gasteiger charge is -2.49. The van der Waals surface area contributed by atoms with Crippen LogP contribution in [0.2, 0.25) is 0 Å². The van der Waals surface area contributed by atoms with Crippen LogP contribution in [0.1, 0.15) is 23.7 Å². The highest BCUT2D eigenvalue weighted by Crippen LogP contribution is 2.42. The zero-order chi connectivity index (χ0) is 27.2. The number of nitrogens with zero attached hydrogens (tertiary/aromatic N) is 1. The van der Waals surface area contributed by atoms with Crippen LogP contribution >= 0.6 is 11.8 Å². The topological polar surface area (TPSA) is 102 Å². The summed E-state index contributed by atoms with van der Waals surface area (Å²) in [6, 6.07) is 26.7. The molecular formula is C30H26N2O6S. The summed E-state index contributed by atoms with van der Waals surface area (Å²) in [4.78, 5) is 52.2. The third-order valence-electron chi connectivity index (χ3n) is 6.43. The quantitative estimate of drug-likeness (QED) is 0.237. The Morgan fingerprint density at radius 1 is 0.949 bits per heavy atom. The van der Waals surface area contributed by atoms with Gasteiger partial charge in [0.05, 0.1) is 0 Å². The van der Waals surface area contributed by atoms with Crippen LogP contribution in [0.25, 0.3) is 0 Å². The molecule has 0 aliphatic carbocycles. The standard InChI is InChI=1S/C30H26N2O6S/c33-17-16-22-19-39-29-25(31-24(34)18-37-23-14-8-3-9-15-23)28(35)32(29)26(22)30(36)38-27(20-10-4-1-5-11-20)21-12-6-2-7-13-21/h1-15,17,25,27,29H,16,18-19H2,(H,31,34). The molecule has 1 fully saturated rings. The Hall–Kier alpha value is -4.37. The van der Waals surface area contributed by atoms with Gasteiger partial charge >= 0.3 is 5.97 Å². The summed E-state index contributed by atoms with van der Waals surface area (Å²) in [6.07, 6.45) is -0.00302. The molecule has 9 heteroatoms. The average Bonchev–Trinajstić information content (AvgIpc) is 2.98. The Bertz CT molecular complexity index is 1340. The number of β-lactam (4-membered cyclic amide) rings is 1. The van der Waals surface area contributed by atoms with Crippen molar-refractivity contribution in [3.63, 3.8) is 0 Å². The second-order valence-corrected chi connectivity index (χ2v) is 10.1. The molecule has 0 bridgehead atoms. The van der Waals surface area contributed by atoms with Crippen molar-refractivity contribution in [2.24, 2.45) is 0 Å². The van der Waals surface area contributed by atoms with Crippen molar-refractivity contribution < 1.29 is 28.7 Å². The number of hydrogen-bond acceptors (Lipinski definition) is 7. The molecule has 8 nitrogen and oxygen atoms in total. The van der Waals surface area contributed by atoms with Gasteiger partial charge in [-0.15, -0.1) is 11.8 Å². The van der Waals surface area contributed by atoms with Crippen LogP contribution < -0.4 is 10.1 Å². The van der Waals surface area contributed by atoms with E-state index < -0.39 is 35.3 Å². The fraction of sp³-hybridized carbons (Fsp3) is 0.200. The second-order valence-electron chi connectivity index (χ2n) is 8.99. The number of amides is 2. The van der Waals surface area contributed by atoms with E-state index in [1.807, 2.05) is 66.7 Å². The summed E-state index contributed by atoms with van der Waals surface area (Å²) in [5.41, 5.74) is 2.13. The third-order valence-corrected chi connectivity index (χ3v) is 7.77. The Labute approximate surface area is 230 Å². The number of fused-ring (bicyclic) bond motifs is 1. The number of ether oxygens (including phenoxy) is 2. The van der Waals surface area contributed by atoms with Crippen molar-refractivity contribution in [2.45, 2.75) is 23.9 Å². The number of carbonyl (C=O) groups is 4.